The lowest BCUT2D eigenvalue weighted by Gasteiger charge is -2.13. The maximum Gasteiger partial charge on any atom is 0.327 e. The van der Waals surface area contributed by atoms with Crippen LogP contribution in [0, 0.1) is 0 Å². The molecule has 1 rings (SSSR count). The summed E-state index contributed by atoms with van der Waals surface area (Å²) in [6.07, 6.45) is 0. The van der Waals surface area contributed by atoms with E-state index in [0.29, 0.717) is 5.75 Å². The van der Waals surface area contributed by atoms with Gasteiger partial charge in [-0.15, -0.1) is 0 Å². The predicted octanol–water partition coefficient (Wildman–Crippen LogP) is -0.340. The van der Waals surface area contributed by atoms with Gasteiger partial charge >= 0.3 is 5.97 Å². The van der Waals surface area contributed by atoms with Gasteiger partial charge in [0.15, 0.2) is 0 Å². The molecule has 0 aliphatic carbocycles. The number of amides is 2. The van der Waals surface area contributed by atoms with E-state index >= 15 is 0 Å². The van der Waals surface area contributed by atoms with Gasteiger partial charge in [0.1, 0.15) is 12.1 Å². The first-order valence-corrected chi connectivity index (χ1v) is 6.97. The molecule has 0 bridgehead atoms. The molecule has 2 amide bonds. The minimum atomic E-state index is -1.20. The fourth-order valence-corrected chi connectivity index (χ4v) is 2.98. The average Bonchev–Trinajstić information content (AvgIpc) is 2.69. The van der Waals surface area contributed by atoms with E-state index in [-0.39, 0.29) is 16.1 Å². The summed E-state index contributed by atoms with van der Waals surface area (Å²) in [4.78, 5) is 44.1. The number of carboxylic acid groups (broad SMARTS) is 1. The van der Waals surface area contributed by atoms with E-state index in [1.165, 1.54) is 6.92 Å². The molecule has 1 fully saturated rings. The van der Waals surface area contributed by atoms with Crippen LogP contribution in [0.2, 0.25) is 0 Å². The van der Waals surface area contributed by atoms with E-state index in [1.807, 2.05) is 0 Å². The van der Waals surface area contributed by atoms with Gasteiger partial charge in [-0.25, -0.2) is 4.79 Å². The highest BCUT2D eigenvalue weighted by molar-refractivity contribution is 8.15. The molecule has 9 heteroatoms. The lowest BCUT2D eigenvalue weighted by atomic mass is 10.3. The monoisotopic (exact) mass is 292 g/mol. The second-order valence-electron chi connectivity index (χ2n) is 3.52. The third-order valence-corrected chi connectivity index (χ3v) is 3.97. The molecule has 18 heavy (non-hydrogen) atoms. The number of carboxylic acids is 1. The minimum absolute atomic E-state index is 0.0647. The van der Waals surface area contributed by atoms with Crippen LogP contribution in [-0.4, -0.2) is 50.9 Å². The number of rotatable bonds is 5. The predicted molar refractivity (Wildman–Crippen MR) is 67.5 cm³/mol. The summed E-state index contributed by atoms with van der Waals surface area (Å²) in [5.41, 5.74) is 0. The van der Waals surface area contributed by atoms with Gasteiger partial charge in [0, 0.05) is 18.4 Å². The second-order valence-corrected chi connectivity index (χ2v) is 5.53. The molecule has 7 nitrogen and oxygen atoms in total. The summed E-state index contributed by atoms with van der Waals surface area (Å²) in [5, 5.41) is 13.0. The van der Waals surface area contributed by atoms with Gasteiger partial charge in [-0.3, -0.25) is 14.4 Å². The lowest BCUT2D eigenvalue weighted by molar-refractivity contribution is -0.140. The molecule has 2 atom stereocenters. The summed E-state index contributed by atoms with van der Waals surface area (Å²) >= 11 is 1.81. The molecule has 1 saturated heterocycles. The fourth-order valence-electron chi connectivity index (χ4n) is 1.20. The Kier molecular flexibility index (Phi) is 5.48. The Morgan fingerprint density at radius 2 is 2.28 bits per heavy atom. The Bertz CT molecular complexity index is 387. The third kappa shape index (κ3) is 4.57. The first kappa shape index (κ1) is 14.8. The van der Waals surface area contributed by atoms with Crippen molar-refractivity contribution in [2.45, 2.75) is 19.0 Å². The zero-order valence-corrected chi connectivity index (χ0v) is 11.1. The lowest BCUT2D eigenvalue weighted by Crippen LogP contribution is -2.42. The summed E-state index contributed by atoms with van der Waals surface area (Å²) in [6, 6.07) is -1.69. The van der Waals surface area contributed by atoms with Crippen molar-refractivity contribution in [3.8, 4) is 0 Å². The molecule has 0 aromatic carbocycles. The normalized spacial score (nSPS) is 20.1. The Morgan fingerprint density at radius 3 is 2.72 bits per heavy atom. The van der Waals surface area contributed by atoms with E-state index in [9.17, 15) is 19.2 Å². The molecule has 3 N–H and O–H groups in total. The van der Waals surface area contributed by atoms with Gasteiger partial charge in [0.2, 0.25) is 11.0 Å². The van der Waals surface area contributed by atoms with Crippen LogP contribution in [0.25, 0.3) is 0 Å². The third-order valence-electron chi connectivity index (χ3n) is 2.03. The summed E-state index contributed by atoms with van der Waals surface area (Å²) in [7, 11) is 0. The number of carbonyl (C=O) groups is 4. The van der Waals surface area contributed by atoms with Crippen molar-refractivity contribution in [2.24, 2.45) is 0 Å². The zero-order chi connectivity index (χ0) is 13.7. The van der Waals surface area contributed by atoms with E-state index < -0.39 is 24.0 Å². The van der Waals surface area contributed by atoms with E-state index in [1.54, 1.807) is 0 Å². The van der Waals surface area contributed by atoms with Crippen LogP contribution in [0.5, 0.6) is 0 Å². The molecule has 1 aliphatic rings. The van der Waals surface area contributed by atoms with E-state index in [2.05, 4.69) is 10.6 Å². The minimum Gasteiger partial charge on any atom is -0.480 e. The molecule has 0 radical (unpaired) electrons. The van der Waals surface area contributed by atoms with Crippen molar-refractivity contribution in [2.75, 3.05) is 11.5 Å². The molecule has 1 unspecified atom stereocenters. The smallest absolute Gasteiger partial charge is 0.327 e. The summed E-state index contributed by atoms with van der Waals surface area (Å²) < 4.78 is 0. The molecule has 0 aromatic heterocycles. The summed E-state index contributed by atoms with van der Waals surface area (Å²) in [5.74, 6) is -1.39. The number of hydrogen-bond acceptors (Lipinski definition) is 6. The van der Waals surface area contributed by atoms with Crippen LogP contribution in [-0.2, 0) is 14.4 Å². The standard InChI is InChI=1S/C9H12N2O5S2/c1-4(12)10-5(7(13)14)2-17-8(15)6-3-18-9(16)11-6/h5-6H,2-3H2,1H3,(H,10,12)(H,11,16)(H,13,14)/t5-,6?/m0/s1. The molecule has 0 aromatic rings. The largest absolute Gasteiger partial charge is 0.480 e. The van der Waals surface area contributed by atoms with Crippen LogP contribution in [0.3, 0.4) is 0 Å². The number of nitrogens with one attached hydrogen (secondary N) is 2. The van der Waals surface area contributed by atoms with Crippen molar-refractivity contribution < 1.29 is 24.3 Å². The van der Waals surface area contributed by atoms with Gasteiger partial charge < -0.3 is 15.7 Å². The number of hydrogen-bond donors (Lipinski definition) is 3. The highest BCUT2D eigenvalue weighted by atomic mass is 32.2. The van der Waals surface area contributed by atoms with Crippen molar-refractivity contribution >= 4 is 45.8 Å². The Morgan fingerprint density at radius 1 is 1.61 bits per heavy atom. The van der Waals surface area contributed by atoms with Gasteiger partial charge in [-0.1, -0.05) is 23.5 Å². The Labute approximate surface area is 111 Å². The van der Waals surface area contributed by atoms with Crippen LogP contribution >= 0.6 is 23.5 Å². The molecule has 100 valence electrons. The SMILES string of the molecule is CC(=O)N[C@@H](CSC(=O)C1CSC(=O)N1)C(=O)O. The van der Waals surface area contributed by atoms with Crippen LogP contribution in [0.15, 0.2) is 0 Å². The quantitative estimate of drug-likeness (QED) is 0.635. The van der Waals surface area contributed by atoms with Crippen molar-refractivity contribution in [1.82, 2.24) is 10.6 Å². The number of thioether (sulfide) groups is 2. The highest BCUT2D eigenvalue weighted by Gasteiger charge is 2.29. The van der Waals surface area contributed by atoms with E-state index in [0.717, 1.165) is 23.5 Å². The first-order chi connectivity index (χ1) is 8.40. The second kappa shape index (κ2) is 6.64. The van der Waals surface area contributed by atoms with Gasteiger partial charge in [0.05, 0.1) is 0 Å². The first-order valence-electron chi connectivity index (χ1n) is 5.00. The van der Waals surface area contributed by atoms with Gasteiger partial charge in [-0.2, -0.15) is 0 Å². The molecule has 0 saturated carbocycles. The molecular weight excluding hydrogens is 280 g/mol. The number of aliphatic carboxylic acids is 1. The van der Waals surface area contributed by atoms with Gasteiger partial charge in [-0.05, 0) is 0 Å². The fraction of sp³-hybridized carbons (Fsp3) is 0.556. The number of carbonyl (C=O) groups excluding carboxylic acids is 3. The van der Waals surface area contributed by atoms with Crippen molar-refractivity contribution in [3.05, 3.63) is 0 Å². The zero-order valence-electron chi connectivity index (χ0n) is 9.47. The molecule has 1 heterocycles. The highest BCUT2D eigenvalue weighted by Crippen LogP contribution is 2.18. The Balaban J connectivity index is 2.42. The molecular formula is C9H12N2O5S2. The van der Waals surface area contributed by atoms with Crippen LogP contribution in [0.1, 0.15) is 6.92 Å². The maximum atomic E-state index is 11.6. The topological polar surface area (TPSA) is 113 Å². The Hall–Kier alpha value is -1.22. The van der Waals surface area contributed by atoms with Crippen LogP contribution in [0.4, 0.5) is 4.79 Å². The van der Waals surface area contributed by atoms with E-state index in [4.69, 9.17) is 5.11 Å². The summed E-state index contributed by atoms with van der Waals surface area (Å²) in [6.45, 7) is 1.20. The van der Waals surface area contributed by atoms with Gasteiger partial charge in [0.25, 0.3) is 5.24 Å². The van der Waals surface area contributed by atoms with Crippen molar-refractivity contribution in [1.29, 1.82) is 0 Å². The maximum absolute atomic E-state index is 11.6. The molecule has 1 aliphatic heterocycles. The molecule has 0 spiro atoms. The van der Waals surface area contributed by atoms with Crippen LogP contribution < -0.4 is 10.6 Å². The van der Waals surface area contributed by atoms with Crippen molar-refractivity contribution in [3.63, 3.8) is 0 Å². The average molecular weight is 292 g/mol.